The van der Waals surface area contributed by atoms with Gasteiger partial charge in [-0.05, 0) is 30.2 Å². The van der Waals surface area contributed by atoms with Crippen LogP contribution in [0.4, 0.5) is 0 Å². The maximum atomic E-state index is 12.1. The lowest BCUT2D eigenvalue weighted by molar-refractivity contribution is -0.141. The van der Waals surface area contributed by atoms with Gasteiger partial charge in [-0.3, -0.25) is 14.5 Å². The molecule has 0 fully saturated rings. The first-order chi connectivity index (χ1) is 11.9. The Bertz CT molecular complexity index is 534. The van der Waals surface area contributed by atoms with E-state index < -0.39 is 0 Å². The van der Waals surface area contributed by atoms with Gasteiger partial charge in [0, 0.05) is 18.1 Å². The number of halogens is 1. The summed E-state index contributed by atoms with van der Waals surface area (Å²) in [7, 11) is 1.36. The van der Waals surface area contributed by atoms with Gasteiger partial charge in [0.2, 0.25) is 5.91 Å². The molecule has 1 amide bonds. The lowest BCUT2D eigenvalue weighted by atomic mass is 10.2. The second kappa shape index (κ2) is 11.7. The van der Waals surface area contributed by atoms with Crippen LogP contribution in [0.25, 0.3) is 0 Å². The van der Waals surface area contributed by atoms with Gasteiger partial charge in [-0.2, -0.15) is 0 Å². The number of esters is 1. The highest BCUT2D eigenvalue weighted by Gasteiger charge is 2.14. The molecular weight excluding hydrogens is 344 g/mol. The zero-order chi connectivity index (χ0) is 18.7. The third-order valence-corrected chi connectivity index (χ3v) is 3.61. The van der Waals surface area contributed by atoms with Gasteiger partial charge in [0.25, 0.3) is 0 Å². The molecule has 0 bridgehead atoms. The Morgan fingerprint density at radius 1 is 1.24 bits per heavy atom. The van der Waals surface area contributed by atoms with Gasteiger partial charge in [-0.15, -0.1) is 0 Å². The predicted molar refractivity (Wildman–Crippen MR) is 97.9 cm³/mol. The van der Waals surface area contributed by atoms with Gasteiger partial charge >= 0.3 is 5.97 Å². The topological polar surface area (TPSA) is 67.9 Å². The molecule has 0 aliphatic carbocycles. The first-order valence-electron chi connectivity index (χ1n) is 8.35. The lowest BCUT2D eigenvalue weighted by Crippen LogP contribution is -2.41. The number of hydrogen-bond acceptors (Lipinski definition) is 5. The molecule has 1 aromatic rings. The molecule has 1 rings (SSSR count). The van der Waals surface area contributed by atoms with E-state index in [1.807, 2.05) is 4.90 Å². The summed E-state index contributed by atoms with van der Waals surface area (Å²) in [6, 6.07) is 7.06. The summed E-state index contributed by atoms with van der Waals surface area (Å²) in [6.45, 7) is 6.42. The minimum atomic E-state index is -0.273. The normalized spacial score (nSPS) is 10.8. The minimum absolute atomic E-state index is 0.0924. The average molecular weight is 371 g/mol. The average Bonchev–Trinajstić information content (AvgIpc) is 2.57. The van der Waals surface area contributed by atoms with Crippen LogP contribution in [0, 0.1) is 5.92 Å². The Morgan fingerprint density at radius 2 is 1.92 bits per heavy atom. The summed E-state index contributed by atoms with van der Waals surface area (Å²) in [5.41, 5.74) is 0. The third-order valence-electron chi connectivity index (χ3n) is 3.36. The predicted octanol–water partition coefficient (Wildman–Crippen LogP) is 2.36. The van der Waals surface area contributed by atoms with Crippen molar-refractivity contribution in [2.75, 3.05) is 39.9 Å². The fourth-order valence-electron chi connectivity index (χ4n) is 2.25. The van der Waals surface area contributed by atoms with Gasteiger partial charge in [-0.1, -0.05) is 25.4 Å². The van der Waals surface area contributed by atoms with E-state index in [2.05, 4.69) is 23.9 Å². The monoisotopic (exact) mass is 370 g/mol. The summed E-state index contributed by atoms with van der Waals surface area (Å²) in [5.74, 6) is 0.743. The van der Waals surface area contributed by atoms with Crippen LogP contribution in [-0.2, 0) is 14.3 Å². The number of amides is 1. The number of nitrogens with zero attached hydrogens (tertiary/aromatic N) is 1. The van der Waals surface area contributed by atoms with Crippen LogP contribution < -0.4 is 10.1 Å². The largest absolute Gasteiger partial charge is 0.492 e. The summed E-state index contributed by atoms with van der Waals surface area (Å²) in [5, 5.41) is 3.47. The molecular formula is C18H27ClN2O4. The van der Waals surface area contributed by atoms with E-state index in [1.165, 1.54) is 7.11 Å². The van der Waals surface area contributed by atoms with E-state index in [4.69, 9.17) is 16.3 Å². The molecule has 0 atom stereocenters. The van der Waals surface area contributed by atoms with Crippen LogP contribution in [0.5, 0.6) is 5.75 Å². The van der Waals surface area contributed by atoms with Crippen LogP contribution in [0.15, 0.2) is 24.3 Å². The molecule has 0 radical (unpaired) electrons. The number of methoxy groups -OCH3 is 1. The highest BCUT2D eigenvalue weighted by Crippen LogP contribution is 2.15. The van der Waals surface area contributed by atoms with Crippen molar-refractivity contribution >= 4 is 23.5 Å². The highest BCUT2D eigenvalue weighted by atomic mass is 35.5. The number of benzene rings is 1. The Morgan fingerprint density at radius 3 is 2.52 bits per heavy atom. The molecule has 0 heterocycles. The van der Waals surface area contributed by atoms with Crippen molar-refractivity contribution in [1.82, 2.24) is 10.2 Å². The van der Waals surface area contributed by atoms with Crippen molar-refractivity contribution in [3.8, 4) is 5.75 Å². The van der Waals surface area contributed by atoms with Gasteiger partial charge < -0.3 is 14.8 Å². The number of carbonyl (C=O) groups is 2. The molecule has 7 heteroatoms. The summed E-state index contributed by atoms with van der Waals surface area (Å²) in [6.07, 6.45) is 0.274. The van der Waals surface area contributed by atoms with Gasteiger partial charge in [0.15, 0.2) is 0 Å². The van der Waals surface area contributed by atoms with E-state index in [1.54, 1.807) is 24.3 Å². The van der Waals surface area contributed by atoms with Gasteiger partial charge in [-0.25, -0.2) is 0 Å². The second-order valence-electron chi connectivity index (χ2n) is 6.11. The summed E-state index contributed by atoms with van der Waals surface area (Å²) >= 11 is 5.81. The van der Waals surface area contributed by atoms with E-state index >= 15 is 0 Å². The minimum Gasteiger partial charge on any atom is -0.492 e. The van der Waals surface area contributed by atoms with Crippen LogP contribution in [0.3, 0.4) is 0 Å². The molecule has 0 spiro atoms. The smallest absolute Gasteiger partial charge is 0.306 e. The van der Waals surface area contributed by atoms with Crippen molar-refractivity contribution in [2.45, 2.75) is 20.3 Å². The SMILES string of the molecule is COC(=O)CCN(CC(=O)NCCOc1ccc(Cl)cc1)CC(C)C. The van der Waals surface area contributed by atoms with Crippen molar-refractivity contribution in [1.29, 1.82) is 0 Å². The Labute approximate surface area is 154 Å². The van der Waals surface area contributed by atoms with Crippen molar-refractivity contribution in [3.63, 3.8) is 0 Å². The Hall–Kier alpha value is -1.79. The lowest BCUT2D eigenvalue weighted by Gasteiger charge is -2.23. The first-order valence-corrected chi connectivity index (χ1v) is 8.72. The molecule has 0 unspecified atom stereocenters. The molecule has 0 saturated carbocycles. The fraction of sp³-hybridized carbons (Fsp3) is 0.556. The number of nitrogens with one attached hydrogen (secondary N) is 1. The number of hydrogen-bond donors (Lipinski definition) is 1. The molecule has 6 nitrogen and oxygen atoms in total. The quantitative estimate of drug-likeness (QED) is 0.478. The maximum Gasteiger partial charge on any atom is 0.306 e. The molecule has 25 heavy (non-hydrogen) atoms. The van der Waals surface area contributed by atoms with E-state index in [9.17, 15) is 9.59 Å². The van der Waals surface area contributed by atoms with Crippen LogP contribution in [0.2, 0.25) is 5.02 Å². The standard InChI is InChI=1S/C18H27ClN2O4/c1-14(2)12-21(10-8-18(23)24-3)13-17(22)20-9-11-25-16-6-4-15(19)5-7-16/h4-7,14H,8-13H2,1-3H3,(H,20,22). The second-order valence-corrected chi connectivity index (χ2v) is 6.54. The molecule has 1 N–H and O–H groups in total. The van der Waals surface area contributed by atoms with Crippen LogP contribution in [-0.4, -0.2) is 56.7 Å². The number of ether oxygens (including phenoxy) is 2. The molecule has 140 valence electrons. The van der Waals surface area contributed by atoms with E-state index in [-0.39, 0.29) is 24.8 Å². The maximum absolute atomic E-state index is 12.1. The van der Waals surface area contributed by atoms with E-state index in [0.29, 0.717) is 36.4 Å². The van der Waals surface area contributed by atoms with Crippen molar-refractivity contribution < 1.29 is 19.1 Å². The summed E-state index contributed by atoms with van der Waals surface area (Å²) < 4.78 is 10.2. The van der Waals surface area contributed by atoms with Crippen molar-refractivity contribution in [3.05, 3.63) is 29.3 Å². The molecule has 0 saturated heterocycles. The Kier molecular flexibility index (Phi) is 9.96. The van der Waals surface area contributed by atoms with Gasteiger partial charge in [0.05, 0.1) is 26.6 Å². The number of carbonyl (C=O) groups excluding carboxylic acids is 2. The van der Waals surface area contributed by atoms with Crippen LogP contribution >= 0.6 is 11.6 Å². The molecule has 0 aliphatic rings. The zero-order valence-corrected chi connectivity index (χ0v) is 15.8. The molecule has 0 aromatic heterocycles. The fourth-order valence-corrected chi connectivity index (χ4v) is 2.38. The van der Waals surface area contributed by atoms with Crippen molar-refractivity contribution in [2.24, 2.45) is 5.92 Å². The first kappa shape index (κ1) is 21.3. The van der Waals surface area contributed by atoms with Crippen LogP contribution in [0.1, 0.15) is 20.3 Å². The molecule has 1 aromatic carbocycles. The Balaban J connectivity index is 2.30. The highest BCUT2D eigenvalue weighted by molar-refractivity contribution is 6.30. The summed E-state index contributed by atoms with van der Waals surface area (Å²) in [4.78, 5) is 25.3. The van der Waals surface area contributed by atoms with E-state index in [0.717, 1.165) is 6.54 Å². The van der Waals surface area contributed by atoms with Gasteiger partial charge in [0.1, 0.15) is 12.4 Å². The molecule has 0 aliphatic heterocycles. The zero-order valence-electron chi connectivity index (χ0n) is 15.1. The third kappa shape index (κ3) is 9.94. The number of rotatable bonds is 11.